The predicted octanol–water partition coefficient (Wildman–Crippen LogP) is 5.26. The van der Waals surface area contributed by atoms with Crippen LogP contribution in [0.3, 0.4) is 0 Å². The number of fused-ring (bicyclic) bond motifs is 1. The van der Waals surface area contributed by atoms with Crippen molar-refractivity contribution < 1.29 is 14.3 Å². The van der Waals surface area contributed by atoms with Crippen LogP contribution in [0.4, 0.5) is 5.69 Å². The number of rotatable bonds is 4. The summed E-state index contributed by atoms with van der Waals surface area (Å²) in [7, 11) is 3.16. The van der Waals surface area contributed by atoms with Crippen LogP contribution in [0.25, 0.3) is 16.8 Å². The fraction of sp³-hybridized carbons (Fsp3) is 0.0909. The average Bonchev–Trinajstić information content (AvgIpc) is 3.00. The van der Waals surface area contributed by atoms with Crippen LogP contribution < -0.4 is 14.4 Å². The molecular formula is C22H17NO3S2. The summed E-state index contributed by atoms with van der Waals surface area (Å²) in [4.78, 5) is 15.2. The molecule has 3 aromatic carbocycles. The highest BCUT2D eigenvalue weighted by molar-refractivity contribution is 8.27. The van der Waals surface area contributed by atoms with Gasteiger partial charge < -0.3 is 9.47 Å². The second-order valence-electron chi connectivity index (χ2n) is 6.13. The second kappa shape index (κ2) is 7.66. The first-order valence-electron chi connectivity index (χ1n) is 8.60. The Morgan fingerprint density at radius 1 is 0.964 bits per heavy atom. The van der Waals surface area contributed by atoms with E-state index < -0.39 is 0 Å². The lowest BCUT2D eigenvalue weighted by molar-refractivity contribution is -0.113. The van der Waals surface area contributed by atoms with Crippen molar-refractivity contribution in [2.45, 2.75) is 0 Å². The van der Waals surface area contributed by atoms with Crippen LogP contribution in [0.2, 0.25) is 0 Å². The number of thiocarbonyl (C=S) groups is 1. The van der Waals surface area contributed by atoms with E-state index in [9.17, 15) is 4.79 Å². The Bertz CT molecular complexity index is 1120. The zero-order chi connectivity index (χ0) is 19.7. The molecule has 0 N–H and O–H groups in total. The highest BCUT2D eigenvalue weighted by atomic mass is 32.2. The standard InChI is InChI=1S/C22H17NO3S2/c1-25-18-9-5-8-16(20(18)26-2)13-19-21(24)23(22(27)28-19)17-11-10-14-6-3-4-7-15(14)12-17/h3-13H,1-2H3. The summed E-state index contributed by atoms with van der Waals surface area (Å²) in [5, 5.41) is 2.18. The maximum absolute atomic E-state index is 13.1. The number of anilines is 1. The van der Waals surface area contributed by atoms with Gasteiger partial charge in [-0.1, -0.05) is 66.4 Å². The maximum atomic E-state index is 13.1. The van der Waals surface area contributed by atoms with Gasteiger partial charge in [-0.05, 0) is 35.0 Å². The van der Waals surface area contributed by atoms with Gasteiger partial charge in [0.2, 0.25) is 0 Å². The topological polar surface area (TPSA) is 38.8 Å². The number of para-hydroxylation sites is 1. The largest absolute Gasteiger partial charge is 0.493 e. The van der Waals surface area contributed by atoms with E-state index in [-0.39, 0.29) is 5.91 Å². The molecule has 0 spiro atoms. The van der Waals surface area contributed by atoms with Gasteiger partial charge in [0.1, 0.15) is 0 Å². The number of amides is 1. The van der Waals surface area contributed by atoms with Crippen molar-refractivity contribution in [2.75, 3.05) is 19.1 Å². The molecule has 1 fully saturated rings. The Balaban J connectivity index is 1.72. The van der Waals surface area contributed by atoms with Gasteiger partial charge in [-0.3, -0.25) is 9.69 Å². The second-order valence-corrected chi connectivity index (χ2v) is 7.81. The van der Waals surface area contributed by atoms with Gasteiger partial charge in [-0.2, -0.15) is 0 Å². The molecule has 140 valence electrons. The van der Waals surface area contributed by atoms with Gasteiger partial charge in [0.05, 0.1) is 24.8 Å². The number of hydrogen-bond acceptors (Lipinski definition) is 5. The van der Waals surface area contributed by atoms with Crippen LogP contribution in [-0.2, 0) is 4.79 Å². The van der Waals surface area contributed by atoms with Gasteiger partial charge in [-0.25, -0.2) is 0 Å². The van der Waals surface area contributed by atoms with E-state index >= 15 is 0 Å². The summed E-state index contributed by atoms with van der Waals surface area (Å²) in [5.74, 6) is 1.05. The number of benzene rings is 3. The first kappa shape index (κ1) is 18.5. The summed E-state index contributed by atoms with van der Waals surface area (Å²) >= 11 is 6.78. The SMILES string of the molecule is COc1cccc(C=C2SC(=S)N(c3ccc4ccccc4c3)C2=O)c1OC. The van der Waals surface area contributed by atoms with Crippen LogP contribution >= 0.6 is 24.0 Å². The third-order valence-electron chi connectivity index (χ3n) is 4.50. The summed E-state index contributed by atoms with van der Waals surface area (Å²) in [6.45, 7) is 0. The lowest BCUT2D eigenvalue weighted by Crippen LogP contribution is -2.27. The van der Waals surface area contributed by atoms with Crippen molar-refractivity contribution in [2.24, 2.45) is 0 Å². The monoisotopic (exact) mass is 407 g/mol. The third kappa shape index (κ3) is 3.25. The first-order chi connectivity index (χ1) is 13.6. The van der Waals surface area contributed by atoms with Crippen LogP contribution in [-0.4, -0.2) is 24.4 Å². The van der Waals surface area contributed by atoms with Crippen molar-refractivity contribution in [3.05, 3.63) is 71.1 Å². The fourth-order valence-corrected chi connectivity index (χ4v) is 4.46. The molecule has 0 unspecified atom stereocenters. The van der Waals surface area contributed by atoms with Crippen molar-refractivity contribution >= 4 is 56.7 Å². The Morgan fingerprint density at radius 2 is 1.75 bits per heavy atom. The maximum Gasteiger partial charge on any atom is 0.270 e. The smallest absolute Gasteiger partial charge is 0.270 e. The highest BCUT2D eigenvalue weighted by Crippen LogP contribution is 2.39. The van der Waals surface area contributed by atoms with E-state index in [1.54, 1.807) is 25.2 Å². The minimum Gasteiger partial charge on any atom is -0.493 e. The van der Waals surface area contributed by atoms with E-state index in [2.05, 4.69) is 0 Å². The number of thioether (sulfide) groups is 1. The summed E-state index contributed by atoms with van der Waals surface area (Å²) in [6.07, 6.45) is 1.79. The van der Waals surface area contributed by atoms with E-state index in [0.29, 0.717) is 20.7 Å². The number of hydrogen-bond donors (Lipinski definition) is 0. The van der Waals surface area contributed by atoms with Gasteiger partial charge in [-0.15, -0.1) is 0 Å². The molecule has 28 heavy (non-hydrogen) atoms. The van der Waals surface area contributed by atoms with Crippen molar-refractivity contribution in [1.82, 2.24) is 0 Å². The molecule has 0 radical (unpaired) electrons. The molecule has 1 aliphatic rings. The molecule has 4 rings (SSSR count). The highest BCUT2D eigenvalue weighted by Gasteiger charge is 2.33. The minimum atomic E-state index is -0.143. The van der Waals surface area contributed by atoms with E-state index in [4.69, 9.17) is 21.7 Å². The fourth-order valence-electron chi connectivity index (χ4n) is 3.17. The average molecular weight is 408 g/mol. The normalized spacial score (nSPS) is 15.5. The molecule has 0 atom stereocenters. The Hall–Kier alpha value is -2.83. The summed E-state index contributed by atoms with van der Waals surface area (Å²) in [5.41, 5.74) is 1.53. The van der Waals surface area contributed by atoms with Crippen LogP contribution in [0, 0.1) is 0 Å². The molecule has 4 nitrogen and oxygen atoms in total. The van der Waals surface area contributed by atoms with Gasteiger partial charge in [0.15, 0.2) is 15.8 Å². The van der Waals surface area contributed by atoms with E-state index in [1.165, 1.54) is 11.8 Å². The number of nitrogens with zero attached hydrogens (tertiary/aromatic N) is 1. The van der Waals surface area contributed by atoms with Crippen LogP contribution in [0.15, 0.2) is 65.6 Å². The predicted molar refractivity (Wildman–Crippen MR) is 119 cm³/mol. The number of carbonyl (C=O) groups excluding carboxylic acids is 1. The van der Waals surface area contributed by atoms with E-state index in [1.807, 2.05) is 60.7 Å². The minimum absolute atomic E-state index is 0.143. The lowest BCUT2D eigenvalue weighted by Gasteiger charge is -2.15. The van der Waals surface area contributed by atoms with Gasteiger partial charge in [0, 0.05) is 5.56 Å². The van der Waals surface area contributed by atoms with Crippen molar-refractivity contribution in [1.29, 1.82) is 0 Å². The quantitative estimate of drug-likeness (QED) is 0.436. The Labute approximate surface area is 172 Å². The lowest BCUT2D eigenvalue weighted by atomic mass is 10.1. The van der Waals surface area contributed by atoms with Gasteiger partial charge >= 0.3 is 0 Å². The van der Waals surface area contributed by atoms with Crippen LogP contribution in [0.5, 0.6) is 11.5 Å². The van der Waals surface area contributed by atoms with Crippen molar-refractivity contribution in [3.8, 4) is 11.5 Å². The van der Waals surface area contributed by atoms with Crippen LogP contribution in [0.1, 0.15) is 5.56 Å². The molecule has 3 aromatic rings. The molecule has 6 heteroatoms. The number of ether oxygens (including phenoxy) is 2. The molecule has 1 heterocycles. The molecular weight excluding hydrogens is 390 g/mol. The Morgan fingerprint density at radius 3 is 2.50 bits per heavy atom. The Kier molecular flexibility index (Phi) is 5.07. The molecule has 0 aromatic heterocycles. The summed E-state index contributed by atoms with van der Waals surface area (Å²) < 4.78 is 11.3. The first-order valence-corrected chi connectivity index (χ1v) is 9.82. The molecule has 0 bridgehead atoms. The number of carbonyl (C=O) groups is 1. The van der Waals surface area contributed by atoms with Gasteiger partial charge in [0.25, 0.3) is 5.91 Å². The summed E-state index contributed by atoms with van der Waals surface area (Å²) in [6, 6.07) is 19.5. The molecule has 0 aliphatic carbocycles. The molecule has 1 saturated heterocycles. The van der Waals surface area contributed by atoms with E-state index in [0.717, 1.165) is 22.0 Å². The molecule has 1 aliphatic heterocycles. The third-order valence-corrected chi connectivity index (χ3v) is 5.81. The molecule has 0 saturated carbocycles. The number of methoxy groups -OCH3 is 2. The zero-order valence-electron chi connectivity index (χ0n) is 15.3. The zero-order valence-corrected chi connectivity index (χ0v) is 17.0. The van der Waals surface area contributed by atoms with Crippen molar-refractivity contribution in [3.63, 3.8) is 0 Å². The molecule has 1 amide bonds.